The molecule has 1 rings (SSSR count). The van der Waals surface area contributed by atoms with Crippen molar-refractivity contribution in [3.05, 3.63) is 28.8 Å². The van der Waals surface area contributed by atoms with Gasteiger partial charge in [-0.2, -0.15) is 0 Å². The van der Waals surface area contributed by atoms with E-state index in [4.69, 9.17) is 11.6 Å². The van der Waals surface area contributed by atoms with Crippen molar-refractivity contribution in [2.45, 2.75) is 6.92 Å². The van der Waals surface area contributed by atoms with Crippen LogP contribution in [0.5, 0.6) is 0 Å². The van der Waals surface area contributed by atoms with Gasteiger partial charge in [0, 0.05) is 16.8 Å². The van der Waals surface area contributed by atoms with Gasteiger partial charge in [0.15, 0.2) is 0 Å². The van der Waals surface area contributed by atoms with Crippen LogP contribution >= 0.6 is 20.5 Å². The smallest absolute Gasteiger partial charge is 0.0716 e. The summed E-state index contributed by atoms with van der Waals surface area (Å²) in [5, 5.41) is 0.702. The van der Waals surface area contributed by atoms with E-state index in [0.29, 0.717) is 5.02 Å². The Morgan fingerprint density at radius 3 is 2.83 bits per heavy atom. The normalized spacial score (nSPS) is 10.5. The van der Waals surface area contributed by atoms with Crippen LogP contribution in [0.3, 0.4) is 0 Å². The molecular formula is C9H9ClNP. The van der Waals surface area contributed by atoms with Gasteiger partial charge in [-0.15, -0.1) is 8.86 Å². The molecule has 0 bridgehead atoms. The highest BCUT2D eigenvalue weighted by atomic mass is 35.5. The van der Waals surface area contributed by atoms with Crippen LogP contribution in [0.1, 0.15) is 12.5 Å². The number of aliphatic imine (C=N–C) groups is 1. The maximum absolute atomic E-state index is 5.81. The molecular weight excluding hydrogens is 189 g/mol. The van der Waals surface area contributed by atoms with E-state index in [9.17, 15) is 0 Å². The van der Waals surface area contributed by atoms with E-state index in [1.54, 1.807) is 6.21 Å². The van der Waals surface area contributed by atoms with Crippen LogP contribution in [-0.2, 0) is 0 Å². The number of nitrogens with zero attached hydrogens (tertiary/aromatic N) is 1. The van der Waals surface area contributed by atoms with Crippen molar-refractivity contribution in [1.29, 1.82) is 0 Å². The SMILES string of the molecule is CC=Nc1cc(Cl)ccc1C=P. The number of benzene rings is 1. The largest absolute Gasteiger partial charge is 0.261 e. The lowest BCUT2D eigenvalue weighted by Gasteiger charge is -1.99. The average molecular weight is 198 g/mol. The highest BCUT2D eigenvalue weighted by molar-refractivity contribution is 7.19. The molecule has 12 heavy (non-hydrogen) atoms. The second-order valence-corrected chi connectivity index (χ2v) is 2.96. The zero-order valence-corrected chi connectivity index (χ0v) is 8.47. The fourth-order valence-corrected chi connectivity index (χ4v) is 1.30. The van der Waals surface area contributed by atoms with Gasteiger partial charge in [-0.25, -0.2) is 0 Å². The van der Waals surface area contributed by atoms with Crippen LogP contribution in [0.2, 0.25) is 5.02 Å². The maximum atomic E-state index is 5.81. The zero-order valence-electron chi connectivity index (χ0n) is 6.71. The topological polar surface area (TPSA) is 12.4 Å². The van der Waals surface area contributed by atoms with Gasteiger partial charge in [-0.3, -0.25) is 4.99 Å². The summed E-state index contributed by atoms with van der Waals surface area (Å²) < 4.78 is 0. The van der Waals surface area contributed by atoms with Crippen molar-refractivity contribution in [3.63, 3.8) is 0 Å². The summed E-state index contributed by atoms with van der Waals surface area (Å²) in [6.07, 6.45) is 1.74. The molecule has 0 aliphatic heterocycles. The van der Waals surface area contributed by atoms with Gasteiger partial charge in [0.1, 0.15) is 0 Å². The molecule has 1 nitrogen and oxygen atoms in total. The third-order valence-corrected chi connectivity index (χ3v) is 1.96. The van der Waals surface area contributed by atoms with Gasteiger partial charge in [-0.1, -0.05) is 17.7 Å². The van der Waals surface area contributed by atoms with E-state index >= 15 is 0 Å². The van der Waals surface area contributed by atoms with Crippen molar-refractivity contribution in [2.24, 2.45) is 4.99 Å². The van der Waals surface area contributed by atoms with Crippen molar-refractivity contribution < 1.29 is 0 Å². The van der Waals surface area contributed by atoms with Gasteiger partial charge in [-0.05, 0) is 24.9 Å². The van der Waals surface area contributed by atoms with Crippen LogP contribution in [0, 0.1) is 0 Å². The van der Waals surface area contributed by atoms with Gasteiger partial charge in [0.25, 0.3) is 0 Å². The average Bonchev–Trinajstić information content (AvgIpc) is 2.05. The lowest BCUT2D eigenvalue weighted by atomic mass is 10.2. The number of hydrogen-bond donors (Lipinski definition) is 0. The Balaban J connectivity index is 3.20. The van der Waals surface area contributed by atoms with E-state index in [1.807, 2.05) is 30.9 Å². The summed E-state index contributed by atoms with van der Waals surface area (Å²) in [5.41, 5.74) is 1.90. The Morgan fingerprint density at radius 2 is 2.25 bits per heavy atom. The molecule has 1 aromatic rings. The molecule has 0 spiro atoms. The molecule has 0 radical (unpaired) electrons. The Kier molecular flexibility index (Phi) is 3.46. The van der Waals surface area contributed by atoms with Crippen LogP contribution in [0.25, 0.3) is 0 Å². The molecule has 0 atom stereocenters. The summed E-state index contributed by atoms with van der Waals surface area (Å²) in [7, 11) is 3.31. The molecule has 0 heterocycles. The third kappa shape index (κ3) is 2.17. The van der Waals surface area contributed by atoms with E-state index in [0.717, 1.165) is 11.3 Å². The van der Waals surface area contributed by atoms with Crippen LogP contribution in [0.4, 0.5) is 5.69 Å². The molecule has 0 amide bonds. The Bertz CT molecular complexity index is 320. The predicted molar refractivity (Wildman–Crippen MR) is 58.8 cm³/mol. The fraction of sp³-hybridized carbons (Fsp3) is 0.111. The molecule has 0 saturated heterocycles. The van der Waals surface area contributed by atoms with Crippen LogP contribution < -0.4 is 0 Å². The number of halogens is 1. The Labute approximate surface area is 79.3 Å². The summed E-state index contributed by atoms with van der Waals surface area (Å²) in [5.74, 6) is 1.82. The first-order valence-corrected chi connectivity index (χ1v) is 4.52. The fourth-order valence-electron chi connectivity index (χ4n) is 0.890. The van der Waals surface area contributed by atoms with Crippen molar-refractivity contribution in [1.82, 2.24) is 0 Å². The van der Waals surface area contributed by atoms with Crippen LogP contribution in [0.15, 0.2) is 23.2 Å². The van der Waals surface area contributed by atoms with E-state index in [1.165, 1.54) is 0 Å². The quantitative estimate of drug-likeness (QED) is 0.509. The molecule has 0 fully saturated rings. The highest BCUT2D eigenvalue weighted by Crippen LogP contribution is 2.22. The molecule has 0 aliphatic carbocycles. The second kappa shape index (κ2) is 4.39. The lowest BCUT2D eigenvalue weighted by molar-refractivity contribution is 1.52. The Hall–Kier alpha value is -0.650. The molecule has 1 aromatic carbocycles. The molecule has 0 N–H and O–H groups in total. The highest BCUT2D eigenvalue weighted by Gasteiger charge is 1.96. The predicted octanol–water partition coefficient (Wildman–Crippen LogP) is 3.36. The van der Waals surface area contributed by atoms with E-state index < -0.39 is 0 Å². The van der Waals surface area contributed by atoms with E-state index in [2.05, 4.69) is 13.9 Å². The molecule has 62 valence electrons. The summed E-state index contributed by atoms with van der Waals surface area (Å²) in [4.78, 5) is 4.17. The van der Waals surface area contributed by atoms with Crippen molar-refractivity contribution in [3.8, 4) is 0 Å². The molecule has 0 aromatic heterocycles. The Morgan fingerprint density at radius 1 is 1.50 bits per heavy atom. The van der Waals surface area contributed by atoms with Crippen molar-refractivity contribution >= 4 is 38.2 Å². The lowest BCUT2D eigenvalue weighted by Crippen LogP contribution is -1.79. The summed E-state index contributed by atoms with van der Waals surface area (Å²) in [6.45, 7) is 1.87. The standard InChI is InChI=1S/C9H9ClNP/c1-2-11-9-5-8(10)4-3-7(9)6-12/h2-6,12H,1H3. The van der Waals surface area contributed by atoms with Crippen LogP contribution in [-0.4, -0.2) is 12.0 Å². The first kappa shape index (κ1) is 9.44. The van der Waals surface area contributed by atoms with Gasteiger partial charge < -0.3 is 0 Å². The molecule has 0 unspecified atom stereocenters. The zero-order chi connectivity index (χ0) is 8.97. The van der Waals surface area contributed by atoms with Gasteiger partial charge >= 0.3 is 0 Å². The third-order valence-electron chi connectivity index (χ3n) is 1.42. The van der Waals surface area contributed by atoms with E-state index in [-0.39, 0.29) is 0 Å². The second-order valence-electron chi connectivity index (χ2n) is 2.23. The first-order chi connectivity index (χ1) is 5.77. The maximum Gasteiger partial charge on any atom is 0.0716 e. The number of hydrogen-bond acceptors (Lipinski definition) is 1. The van der Waals surface area contributed by atoms with Crippen molar-refractivity contribution in [2.75, 3.05) is 0 Å². The monoisotopic (exact) mass is 197 g/mol. The first-order valence-electron chi connectivity index (χ1n) is 3.56. The molecule has 3 heteroatoms. The number of rotatable bonds is 2. The molecule has 0 aliphatic rings. The summed E-state index contributed by atoms with van der Waals surface area (Å²) in [6, 6.07) is 5.58. The minimum atomic E-state index is 0.702. The van der Waals surface area contributed by atoms with Gasteiger partial charge in [0.2, 0.25) is 0 Å². The van der Waals surface area contributed by atoms with Gasteiger partial charge in [0.05, 0.1) is 5.69 Å². The summed E-state index contributed by atoms with van der Waals surface area (Å²) >= 11 is 5.81. The molecule has 0 saturated carbocycles. The minimum absolute atomic E-state index is 0.702. The minimum Gasteiger partial charge on any atom is -0.261 e.